The van der Waals surface area contributed by atoms with Crippen molar-refractivity contribution in [3.05, 3.63) is 28.7 Å². The molecule has 0 amide bonds. The Hall–Kier alpha value is -2.24. The summed E-state index contributed by atoms with van der Waals surface area (Å²) in [5.74, 6) is 1.90. The summed E-state index contributed by atoms with van der Waals surface area (Å²) in [5, 5.41) is 6.43. The predicted octanol–water partition coefficient (Wildman–Crippen LogP) is 1.96. The van der Waals surface area contributed by atoms with Gasteiger partial charge in [-0.15, -0.1) is 0 Å². The van der Waals surface area contributed by atoms with Crippen LogP contribution < -0.4 is 15.2 Å². The van der Waals surface area contributed by atoms with E-state index in [1.807, 2.05) is 18.2 Å². The van der Waals surface area contributed by atoms with Crippen LogP contribution in [0.25, 0.3) is 11.4 Å². The van der Waals surface area contributed by atoms with Gasteiger partial charge in [0.15, 0.2) is 17.3 Å². The second-order valence-corrected chi connectivity index (χ2v) is 4.48. The first-order valence-electron chi connectivity index (χ1n) is 6.60. The third-order valence-corrected chi connectivity index (χ3v) is 3.06. The van der Waals surface area contributed by atoms with E-state index < -0.39 is 0 Å². The van der Waals surface area contributed by atoms with Crippen LogP contribution in [0.3, 0.4) is 0 Å². The van der Waals surface area contributed by atoms with Crippen molar-refractivity contribution in [2.24, 2.45) is 7.05 Å². The number of unbranched alkanes of at least 4 members (excludes halogenated alkanes) is 1. The topological polar surface area (TPSA) is 69.1 Å². The molecule has 2 rings (SSSR count). The van der Waals surface area contributed by atoms with E-state index in [1.54, 1.807) is 14.2 Å². The molecule has 0 radical (unpaired) electrons. The van der Waals surface area contributed by atoms with Gasteiger partial charge < -0.3 is 9.47 Å². The van der Waals surface area contributed by atoms with Crippen molar-refractivity contribution in [3.63, 3.8) is 0 Å². The molecule has 1 heterocycles. The van der Waals surface area contributed by atoms with Gasteiger partial charge in [0.25, 0.3) is 0 Å². The molecule has 0 aliphatic carbocycles. The van der Waals surface area contributed by atoms with Crippen LogP contribution in [0, 0.1) is 0 Å². The zero-order chi connectivity index (χ0) is 14.5. The number of aromatic nitrogens is 3. The maximum absolute atomic E-state index is 11.4. The number of H-pyrrole nitrogens is 1. The molecule has 0 aliphatic rings. The van der Waals surface area contributed by atoms with Gasteiger partial charge in [-0.05, 0) is 24.6 Å². The van der Waals surface area contributed by atoms with Crippen molar-refractivity contribution >= 4 is 0 Å². The lowest BCUT2D eigenvalue weighted by Crippen LogP contribution is -2.13. The number of methoxy groups -OCH3 is 1. The summed E-state index contributed by atoms with van der Waals surface area (Å²) in [5.41, 5.74) is 0.558. The first kappa shape index (κ1) is 14.2. The number of benzene rings is 1. The van der Waals surface area contributed by atoms with Gasteiger partial charge >= 0.3 is 5.69 Å². The minimum atomic E-state index is -0.246. The van der Waals surface area contributed by atoms with E-state index in [-0.39, 0.29) is 5.69 Å². The molecule has 0 unspecified atom stereocenters. The smallest absolute Gasteiger partial charge is 0.343 e. The Morgan fingerprint density at radius 1 is 1.35 bits per heavy atom. The SMILES string of the molecule is CCCCOc1cc(-c2n[nH]c(=O)n2C)ccc1OC. The van der Waals surface area contributed by atoms with Crippen molar-refractivity contribution in [3.8, 4) is 22.9 Å². The number of ether oxygens (including phenoxy) is 2. The van der Waals surface area contributed by atoms with Gasteiger partial charge in [0, 0.05) is 12.6 Å². The minimum absolute atomic E-state index is 0.246. The van der Waals surface area contributed by atoms with E-state index in [4.69, 9.17) is 9.47 Å². The van der Waals surface area contributed by atoms with Crippen LogP contribution in [0.4, 0.5) is 0 Å². The highest BCUT2D eigenvalue weighted by molar-refractivity contribution is 5.61. The number of nitrogens with zero attached hydrogens (tertiary/aromatic N) is 2. The Morgan fingerprint density at radius 3 is 2.75 bits per heavy atom. The molecule has 0 fully saturated rings. The maximum atomic E-state index is 11.4. The Bertz CT molecular complexity index is 631. The highest BCUT2D eigenvalue weighted by Crippen LogP contribution is 2.31. The highest BCUT2D eigenvalue weighted by Gasteiger charge is 2.11. The molecular formula is C14H19N3O3. The highest BCUT2D eigenvalue weighted by atomic mass is 16.5. The summed E-state index contributed by atoms with van der Waals surface area (Å²) < 4.78 is 12.5. The lowest BCUT2D eigenvalue weighted by Gasteiger charge is -2.11. The van der Waals surface area contributed by atoms with E-state index in [1.165, 1.54) is 4.57 Å². The second-order valence-electron chi connectivity index (χ2n) is 4.48. The molecule has 6 heteroatoms. The molecule has 1 aromatic carbocycles. The minimum Gasteiger partial charge on any atom is -0.493 e. The fraction of sp³-hybridized carbons (Fsp3) is 0.429. The monoisotopic (exact) mass is 277 g/mol. The second kappa shape index (κ2) is 6.27. The predicted molar refractivity (Wildman–Crippen MR) is 76.2 cm³/mol. The third-order valence-electron chi connectivity index (χ3n) is 3.06. The molecule has 108 valence electrons. The maximum Gasteiger partial charge on any atom is 0.343 e. The van der Waals surface area contributed by atoms with Gasteiger partial charge in [0.2, 0.25) is 0 Å². The Kier molecular flexibility index (Phi) is 4.45. The van der Waals surface area contributed by atoms with Crippen molar-refractivity contribution < 1.29 is 9.47 Å². The van der Waals surface area contributed by atoms with Crippen molar-refractivity contribution in [1.82, 2.24) is 14.8 Å². The standard InChI is InChI=1S/C14H19N3O3/c1-4-5-8-20-12-9-10(6-7-11(12)19-3)13-15-16-14(18)17(13)2/h6-7,9H,4-5,8H2,1-3H3,(H,16,18). The average Bonchev–Trinajstić information content (AvgIpc) is 2.79. The van der Waals surface area contributed by atoms with Crippen LogP contribution in [0.5, 0.6) is 11.5 Å². The molecule has 20 heavy (non-hydrogen) atoms. The van der Waals surface area contributed by atoms with Gasteiger partial charge in [-0.25, -0.2) is 9.89 Å². The summed E-state index contributed by atoms with van der Waals surface area (Å²) in [7, 11) is 3.27. The molecule has 1 N–H and O–H groups in total. The average molecular weight is 277 g/mol. The van der Waals surface area contributed by atoms with Gasteiger partial charge in [-0.2, -0.15) is 5.10 Å². The van der Waals surface area contributed by atoms with Crippen molar-refractivity contribution in [1.29, 1.82) is 0 Å². The van der Waals surface area contributed by atoms with Crippen molar-refractivity contribution in [2.75, 3.05) is 13.7 Å². The van der Waals surface area contributed by atoms with Crippen LogP contribution in [0.1, 0.15) is 19.8 Å². The Morgan fingerprint density at radius 2 is 2.15 bits per heavy atom. The van der Waals surface area contributed by atoms with E-state index in [0.717, 1.165) is 18.4 Å². The largest absolute Gasteiger partial charge is 0.493 e. The summed E-state index contributed by atoms with van der Waals surface area (Å²) in [4.78, 5) is 11.4. The van der Waals surface area contributed by atoms with Gasteiger partial charge in [-0.3, -0.25) is 4.57 Å². The molecule has 0 saturated carbocycles. The van der Waals surface area contributed by atoms with E-state index in [0.29, 0.717) is 23.9 Å². The van der Waals surface area contributed by atoms with Gasteiger partial charge in [-0.1, -0.05) is 13.3 Å². The molecule has 0 atom stereocenters. The molecule has 0 saturated heterocycles. The number of rotatable bonds is 6. The van der Waals surface area contributed by atoms with Crippen LogP contribution in [0.15, 0.2) is 23.0 Å². The summed E-state index contributed by atoms with van der Waals surface area (Å²) >= 11 is 0. The van der Waals surface area contributed by atoms with Crippen LogP contribution in [-0.4, -0.2) is 28.5 Å². The van der Waals surface area contributed by atoms with Gasteiger partial charge in [0.1, 0.15) is 0 Å². The fourth-order valence-electron chi connectivity index (χ4n) is 1.86. The first-order valence-corrected chi connectivity index (χ1v) is 6.60. The fourth-order valence-corrected chi connectivity index (χ4v) is 1.86. The van der Waals surface area contributed by atoms with E-state index in [9.17, 15) is 4.79 Å². The number of nitrogens with one attached hydrogen (secondary N) is 1. The van der Waals surface area contributed by atoms with E-state index >= 15 is 0 Å². The van der Waals surface area contributed by atoms with Crippen LogP contribution in [0.2, 0.25) is 0 Å². The molecular weight excluding hydrogens is 258 g/mol. The molecule has 0 aliphatic heterocycles. The number of hydrogen-bond acceptors (Lipinski definition) is 4. The quantitative estimate of drug-likeness (QED) is 0.819. The third kappa shape index (κ3) is 2.84. The molecule has 1 aromatic heterocycles. The van der Waals surface area contributed by atoms with E-state index in [2.05, 4.69) is 17.1 Å². The molecule has 0 bridgehead atoms. The lowest BCUT2D eigenvalue weighted by molar-refractivity contribution is 0.288. The zero-order valence-corrected chi connectivity index (χ0v) is 12.0. The zero-order valence-electron chi connectivity index (χ0n) is 12.0. The number of hydrogen-bond donors (Lipinski definition) is 1. The van der Waals surface area contributed by atoms with Crippen molar-refractivity contribution in [2.45, 2.75) is 19.8 Å². The summed E-state index contributed by atoms with van der Waals surface area (Å²) in [6.07, 6.45) is 2.05. The van der Waals surface area contributed by atoms with Crippen LogP contribution in [-0.2, 0) is 7.05 Å². The lowest BCUT2D eigenvalue weighted by atomic mass is 10.2. The molecule has 6 nitrogen and oxygen atoms in total. The summed E-state index contributed by atoms with van der Waals surface area (Å²) in [6, 6.07) is 5.50. The van der Waals surface area contributed by atoms with Crippen LogP contribution >= 0.6 is 0 Å². The first-order chi connectivity index (χ1) is 9.67. The summed E-state index contributed by atoms with van der Waals surface area (Å²) in [6.45, 7) is 2.74. The van der Waals surface area contributed by atoms with Gasteiger partial charge in [0.05, 0.1) is 13.7 Å². The molecule has 0 spiro atoms. The Labute approximate surface area is 117 Å². The molecule has 2 aromatic rings. The Balaban J connectivity index is 2.33. The normalized spacial score (nSPS) is 10.6. The number of aromatic amines is 1.